The molecule has 0 unspecified atom stereocenters. The summed E-state index contributed by atoms with van der Waals surface area (Å²) in [6, 6.07) is 4.78. The number of amides is 2. The zero-order valence-electron chi connectivity index (χ0n) is 11.1. The Morgan fingerprint density at radius 3 is 2.56 bits per heavy atom. The Kier molecular flexibility index (Phi) is 4.67. The molecule has 2 heterocycles. The van der Waals surface area contributed by atoms with Gasteiger partial charge >= 0.3 is 6.03 Å². The zero-order valence-corrected chi connectivity index (χ0v) is 11.1. The molecular formula is C14H23N3O. The van der Waals surface area contributed by atoms with Gasteiger partial charge in [0, 0.05) is 38.1 Å². The van der Waals surface area contributed by atoms with E-state index in [4.69, 9.17) is 0 Å². The highest BCUT2D eigenvalue weighted by Crippen LogP contribution is 2.22. The van der Waals surface area contributed by atoms with E-state index in [1.807, 2.05) is 4.90 Å². The molecule has 0 spiro atoms. The molecule has 1 aliphatic heterocycles. The third kappa shape index (κ3) is 3.28. The van der Waals surface area contributed by atoms with E-state index in [1.165, 1.54) is 0 Å². The summed E-state index contributed by atoms with van der Waals surface area (Å²) in [5.74, 6) is 0. The molecular weight excluding hydrogens is 226 g/mol. The molecule has 0 aliphatic carbocycles. The number of carbonyl (C=O) groups is 1. The number of rotatable bonds is 4. The number of carbonyl (C=O) groups excluding carboxylic acids is 1. The summed E-state index contributed by atoms with van der Waals surface area (Å²) in [5.41, 5.74) is 0. The Labute approximate surface area is 109 Å². The molecule has 2 rings (SSSR count). The third-order valence-corrected chi connectivity index (χ3v) is 3.61. The highest BCUT2D eigenvalue weighted by atomic mass is 16.2. The summed E-state index contributed by atoms with van der Waals surface area (Å²) in [6.07, 6.45) is 8.51. The summed E-state index contributed by atoms with van der Waals surface area (Å²) in [7, 11) is 0. The Balaban J connectivity index is 1.74. The van der Waals surface area contributed by atoms with E-state index in [-0.39, 0.29) is 6.03 Å². The fourth-order valence-corrected chi connectivity index (χ4v) is 2.44. The molecule has 0 aromatic carbocycles. The fraction of sp³-hybridized carbons (Fsp3) is 0.643. The van der Waals surface area contributed by atoms with E-state index in [0.717, 1.165) is 45.3 Å². The van der Waals surface area contributed by atoms with Crippen molar-refractivity contribution in [3.63, 3.8) is 0 Å². The summed E-state index contributed by atoms with van der Waals surface area (Å²) in [6.45, 7) is 4.66. The topological polar surface area (TPSA) is 37.3 Å². The van der Waals surface area contributed by atoms with Crippen molar-refractivity contribution in [3.8, 4) is 0 Å². The Hall–Kier alpha value is -1.45. The molecule has 0 saturated carbocycles. The highest BCUT2D eigenvalue weighted by Gasteiger charge is 2.22. The van der Waals surface area contributed by atoms with Crippen molar-refractivity contribution in [1.82, 2.24) is 14.8 Å². The lowest BCUT2D eigenvalue weighted by Gasteiger charge is -2.32. The number of hydrogen-bond donors (Lipinski definition) is 1. The van der Waals surface area contributed by atoms with E-state index < -0.39 is 0 Å². The molecule has 1 fully saturated rings. The van der Waals surface area contributed by atoms with Gasteiger partial charge in [-0.15, -0.1) is 0 Å². The second-order valence-corrected chi connectivity index (χ2v) is 4.93. The molecule has 18 heavy (non-hydrogen) atoms. The van der Waals surface area contributed by atoms with Crippen molar-refractivity contribution in [2.45, 2.75) is 38.6 Å². The van der Waals surface area contributed by atoms with Crippen molar-refractivity contribution in [1.29, 1.82) is 0 Å². The highest BCUT2D eigenvalue weighted by molar-refractivity contribution is 5.74. The van der Waals surface area contributed by atoms with Crippen LogP contribution in [0.5, 0.6) is 0 Å². The van der Waals surface area contributed by atoms with Gasteiger partial charge in [0.2, 0.25) is 0 Å². The van der Waals surface area contributed by atoms with Crippen LogP contribution in [0.15, 0.2) is 24.5 Å². The first-order valence-corrected chi connectivity index (χ1v) is 6.96. The lowest BCUT2D eigenvalue weighted by Crippen LogP contribution is -2.44. The van der Waals surface area contributed by atoms with Gasteiger partial charge in [0.15, 0.2) is 0 Å². The lowest BCUT2D eigenvalue weighted by atomic mass is 10.1. The Morgan fingerprint density at radius 2 is 1.94 bits per heavy atom. The van der Waals surface area contributed by atoms with Gasteiger partial charge in [0.05, 0.1) is 0 Å². The summed E-state index contributed by atoms with van der Waals surface area (Å²) in [5, 5.41) is 2.98. The molecule has 1 aliphatic rings. The monoisotopic (exact) mass is 249 g/mol. The zero-order chi connectivity index (χ0) is 12.8. The lowest BCUT2D eigenvalue weighted by molar-refractivity contribution is 0.171. The van der Waals surface area contributed by atoms with E-state index in [2.05, 4.69) is 41.3 Å². The van der Waals surface area contributed by atoms with Crippen LogP contribution in [-0.2, 0) is 0 Å². The molecule has 0 atom stereocenters. The third-order valence-electron chi connectivity index (χ3n) is 3.61. The van der Waals surface area contributed by atoms with Crippen LogP contribution >= 0.6 is 0 Å². The van der Waals surface area contributed by atoms with Crippen LogP contribution in [0.4, 0.5) is 4.79 Å². The van der Waals surface area contributed by atoms with Crippen LogP contribution in [-0.4, -0.2) is 35.1 Å². The SMILES string of the molecule is CCCCNC(=O)N1CCC(n2cccc2)CC1. The number of piperidine rings is 1. The summed E-state index contributed by atoms with van der Waals surface area (Å²) in [4.78, 5) is 13.8. The average molecular weight is 249 g/mol. The normalized spacial score (nSPS) is 16.8. The Bertz CT molecular complexity index is 353. The summed E-state index contributed by atoms with van der Waals surface area (Å²) >= 11 is 0. The molecule has 4 heteroatoms. The van der Waals surface area contributed by atoms with Crippen molar-refractivity contribution in [2.24, 2.45) is 0 Å². The smallest absolute Gasteiger partial charge is 0.317 e. The quantitative estimate of drug-likeness (QED) is 0.818. The molecule has 4 nitrogen and oxygen atoms in total. The first-order valence-electron chi connectivity index (χ1n) is 6.96. The number of hydrogen-bond acceptors (Lipinski definition) is 1. The van der Waals surface area contributed by atoms with Crippen molar-refractivity contribution in [2.75, 3.05) is 19.6 Å². The number of urea groups is 1. The van der Waals surface area contributed by atoms with E-state index in [0.29, 0.717) is 6.04 Å². The standard InChI is InChI=1S/C14H23N3O/c1-2-3-8-15-14(18)17-11-6-13(7-12-17)16-9-4-5-10-16/h4-5,9-10,13H,2-3,6-8,11-12H2,1H3,(H,15,18). The van der Waals surface area contributed by atoms with E-state index >= 15 is 0 Å². The predicted octanol–water partition coefficient (Wildman–Crippen LogP) is 2.63. The van der Waals surface area contributed by atoms with Crippen LogP contribution in [0.1, 0.15) is 38.6 Å². The van der Waals surface area contributed by atoms with Gasteiger partial charge in [0.25, 0.3) is 0 Å². The van der Waals surface area contributed by atoms with Crippen LogP contribution in [0.2, 0.25) is 0 Å². The van der Waals surface area contributed by atoms with Gasteiger partial charge < -0.3 is 14.8 Å². The van der Waals surface area contributed by atoms with Crippen LogP contribution in [0.25, 0.3) is 0 Å². The Morgan fingerprint density at radius 1 is 1.28 bits per heavy atom. The maximum absolute atomic E-state index is 11.9. The van der Waals surface area contributed by atoms with Crippen molar-refractivity contribution < 1.29 is 4.79 Å². The molecule has 0 radical (unpaired) electrons. The van der Waals surface area contributed by atoms with Crippen molar-refractivity contribution in [3.05, 3.63) is 24.5 Å². The molecule has 1 N–H and O–H groups in total. The second-order valence-electron chi connectivity index (χ2n) is 4.93. The van der Waals surface area contributed by atoms with Crippen LogP contribution < -0.4 is 5.32 Å². The molecule has 1 saturated heterocycles. The summed E-state index contributed by atoms with van der Waals surface area (Å²) < 4.78 is 2.26. The van der Waals surface area contributed by atoms with Gasteiger partial charge in [-0.25, -0.2) is 4.79 Å². The van der Waals surface area contributed by atoms with E-state index in [1.54, 1.807) is 0 Å². The second kappa shape index (κ2) is 6.47. The minimum Gasteiger partial charge on any atom is -0.351 e. The number of unbranched alkanes of at least 4 members (excludes halogenated alkanes) is 1. The first kappa shape index (κ1) is 13.0. The van der Waals surface area contributed by atoms with Gasteiger partial charge in [-0.2, -0.15) is 0 Å². The van der Waals surface area contributed by atoms with Crippen LogP contribution in [0.3, 0.4) is 0 Å². The minimum atomic E-state index is 0.106. The van der Waals surface area contributed by atoms with Gasteiger partial charge in [-0.3, -0.25) is 0 Å². The molecule has 100 valence electrons. The molecule has 1 aromatic heterocycles. The number of likely N-dealkylation sites (tertiary alicyclic amines) is 1. The molecule has 0 bridgehead atoms. The van der Waals surface area contributed by atoms with E-state index in [9.17, 15) is 4.79 Å². The van der Waals surface area contributed by atoms with Gasteiger partial charge in [-0.05, 0) is 31.4 Å². The maximum atomic E-state index is 11.9. The fourth-order valence-electron chi connectivity index (χ4n) is 2.44. The number of nitrogens with one attached hydrogen (secondary N) is 1. The first-order chi connectivity index (χ1) is 8.81. The molecule has 2 amide bonds. The predicted molar refractivity (Wildman–Crippen MR) is 72.6 cm³/mol. The number of nitrogens with zero attached hydrogens (tertiary/aromatic N) is 2. The molecule has 1 aromatic rings. The van der Waals surface area contributed by atoms with Crippen LogP contribution in [0, 0.1) is 0 Å². The van der Waals surface area contributed by atoms with Crippen molar-refractivity contribution >= 4 is 6.03 Å². The maximum Gasteiger partial charge on any atom is 0.317 e. The van der Waals surface area contributed by atoms with Gasteiger partial charge in [-0.1, -0.05) is 13.3 Å². The largest absolute Gasteiger partial charge is 0.351 e. The number of aromatic nitrogens is 1. The minimum absolute atomic E-state index is 0.106. The average Bonchev–Trinajstić information content (AvgIpc) is 2.93. The van der Waals surface area contributed by atoms with Gasteiger partial charge in [0.1, 0.15) is 0 Å².